The maximum atomic E-state index is 12.6. The second kappa shape index (κ2) is 11.8. The van der Waals surface area contributed by atoms with Crippen LogP contribution in [0.2, 0.25) is 0 Å². The zero-order valence-corrected chi connectivity index (χ0v) is 23.6. The summed E-state index contributed by atoms with van der Waals surface area (Å²) in [6.45, 7) is -1.97. The fraction of sp³-hybridized carbons (Fsp3) is 0.476. The number of aliphatic hydroxyl groups excluding tert-OH is 4. The van der Waals surface area contributed by atoms with E-state index in [2.05, 4.69) is 19.5 Å². The molecule has 234 valence electrons. The Morgan fingerprint density at radius 3 is 2.44 bits per heavy atom. The number of fused-ring (bicyclic) bond motifs is 1. The normalized spacial score (nSPS) is 32.0. The Bertz CT molecular complexity index is 1610. The molecule has 10 unspecified atom stereocenters. The predicted octanol–water partition coefficient (Wildman–Crippen LogP) is -3.58. The summed E-state index contributed by atoms with van der Waals surface area (Å²) in [6, 6.07) is 2.82. The van der Waals surface area contributed by atoms with Crippen molar-refractivity contribution in [3.8, 4) is 0 Å². The molecule has 0 aromatic carbocycles. The molecule has 10 atom stereocenters. The fourth-order valence-electron chi connectivity index (χ4n) is 4.54. The predicted molar refractivity (Wildman–Crippen MR) is 136 cm³/mol. The van der Waals surface area contributed by atoms with Crippen molar-refractivity contribution in [1.82, 2.24) is 19.5 Å². The molecule has 5 heterocycles. The van der Waals surface area contributed by atoms with Crippen LogP contribution in [0.5, 0.6) is 0 Å². The van der Waals surface area contributed by atoms with Crippen LogP contribution < -0.4 is 20.9 Å². The number of amides is 1. The molecule has 0 saturated carbocycles. The summed E-state index contributed by atoms with van der Waals surface area (Å²) in [6.07, 6.45) is -7.22. The molecule has 2 fully saturated rings. The zero-order chi connectivity index (χ0) is 31.3. The van der Waals surface area contributed by atoms with Crippen LogP contribution in [0.3, 0.4) is 0 Å². The lowest BCUT2D eigenvalue weighted by Crippen LogP contribution is -2.46. The first kappa shape index (κ1) is 31.5. The molecule has 3 aromatic rings. The van der Waals surface area contributed by atoms with Gasteiger partial charge >= 0.3 is 7.28 Å². The molecule has 1 amide bonds. The van der Waals surface area contributed by atoms with Gasteiger partial charge in [-0.25, -0.2) is 15.0 Å². The number of nitrogens with zero attached hydrogens (tertiary/aromatic N) is 5. The number of hydrogen-bond donors (Lipinski definition) is 7. The Balaban J connectivity index is 1.20. The third kappa shape index (κ3) is 5.93. The summed E-state index contributed by atoms with van der Waals surface area (Å²) in [5, 5.41) is 41.7. The average Bonchev–Trinajstić information content (AvgIpc) is 3.61. The first-order valence-corrected chi connectivity index (χ1v) is 16.2. The minimum absolute atomic E-state index is 0.0423. The van der Waals surface area contributed by atoms with Crippen molar-refractivity contribution in [2.24, 2.45) is 5.73 Å². The third-order valence-electron chi connectivity index (χ3n) is 6.85. The van der Waals surface area contributed by atoms with Crippen molar-refractivity contribution in [3.05, 3.63) is 42.7 Å². The van der Waals surface area contributed by atoms with Crippen LogP contribution in [0.1, 0.15) is 22.8 Å². The highest BCUT2D eigenvalue weighted by Gasteiger charge is 2.50. The number of aliphatic hydroxyl groups is 4. The highest BCUT2D eigenvalue weighted by Crippen LogP contribution is 2.75. The van der Waals surface area contributed by atoms with E-state index in [1.165, 1.54) is 40.0 Å². The van der Waals surface area contributed by atoms with Crippen LogP contribution in [-0.2, 0) is 27.7 Å². The smallest absolute Gasteiger partial charge is 0.396 e. The second-order valence-electron chi connectivity index (χ2n) is 9.63. The van der Waals surface area contributed by atoms with Gasteiger partial charge in [0.1, 0.15) is 47.9 Å². The molecule has 20 nitrogen and oxygen atoms in total. The van der Waals surface area contributed by atoms with Crippen LogP contribution in [0.25, 0.3) is 11.2 Å². The number of primary amides is 1. The molecule has 2 saturated heterocycles. The lowest BCUT2D eigenvalue weighted by molar-refractivity contribution is -0.765. The Morgan fingerprint density at radius 1 is 1.05 bits per heavy atom. The van der Waals surface area contributed by atoms with Gasteiger partial charge in [-0.15, -0.1) is 0 Å². The third-order valence-corrected chi connectivity index (χ3v) is 11.0. The zero-order valence-electron chi connectivity index (χ0n) is 21.8. The Kier molecular flexibility index (Phi) is 8.67. The van der Waals surface area contributed by atoms with E-state index in [0.717, 1.165) is 6.33 Å². The van der Waals surface area contributed by atoms with Crippen molar-refractivity contribution in [2.75, 3.05) is 18.9 Å². The molecule has 0 bridgehead atoms. The highest BCUT2D eigenvalue weighted by molar-refractivity contribution is 8.26. The number of pyridine rings is 1. The van der Waals surface area contributed by atoms with Gasteiger partial charge in [0.15, 0.2) is 36.2 Å². The summed E-state index contributed by atoms with van der Waals surface area (Å²) in [4.78, 5) is 46.0. The average molecular weight is 647 g/mol. The molecule has 22 heteroatoms. The van der Waals surface area contributed by atoms with Gasteiger partial charge in [0, 0.05) is 6.07 Å². The fourth-order valence-corrected chi connectivity index (χ4v) is 6.77. The molecule has 0 spiro atoms. The Morgan fingerprint density at radius 2 is 1.72 bits per heavy atom. The van der Waals surface area contributed by atoms with E-state index < -0.39 is 82.8 Å². The van der Waals surface area contributed by atoms with Crippen molar-refractivity contribution in [2.45, 2.75) is 49.1 Å². The number of nitrogens with two attached hydrogens (primary N) is 2. The van der Waals surface area contributed by atoms with Crippen molar-refractivity contribution >= 4 is 37.5 Å². The van der Waals surface area contributed by atoms with E-state index in [1.54, 1.807) is 0 Å². The number of ether oxygens (including phenoxy) is 2. The van der Waals surface area contributed by atoms with E-state index in [1.807, 2.05) is 0 Å². The van der Waals surface area contributed by atoms with Crippen LogP contribution >= 0.6 is 14.6 Å². The van der Waals surface area contributed by atoms with Gasteiger partial charge in [0.2, 0.25) is 7.28 Å². The van der Waals surface area contributed by atoms with E-state index in [9.17, 15) is 44.1 Å². The van der Waals surface area contributed by atoms with E-state index in [0.29, 0.717) is 0 Å². The first-order valence-electron chi connectivity index (χ1n) is 12.4. The molecule has 9 N–H and O–H groups in total. The van der Waals surface area contributed by atoms with Crippen LogP contribution in [-0.4, -0.2) is 101 Å². The number of hydrogen-bond acceptors (Lipinski definition) is 16. The maximum absolute atomic E-state index is 12.6. The second-order valence-corrected chi connectivity index (χ2v) is 15.1. The number of carbonyl (C=O) groups is 1. The number of rotatable bonds is 10. The van der Waals surface area contributed by atoms with Gasteiger partial charge < -0.3 is 55.7 Å². The molecule has 2 aliphatic heterocycles. The molecule has 43 heavy (non-hydrogen) atoms. The Labute approximate surface area is 241 Å². The van der Waals surface area contributed by atoms with Gasteiger partial charge in [-0.05, 0) is 6.07 Å². The van der Waals surface area contributed by atoms with Gasteiger partial charge in [-0.1, -0.05) is 0 Å². The number of imidazole rings is 1. The molecule has 0 aliphatic carbocycles. The molecule has 0 radical (unpaired) electrons. The monoisotopic (exact) mass is 647 g/mol. The maximum Gasteiger partial charge on any atom is 0.396 e. The SMILES string of the molecule is NC(=O)c1ccc[n+](C2OC(COP(=O)([O-])P(=O)(O)OCC3OC(n4cnc5c(N)ncnc54)C(O)C3O)C(O)C2O)c1. The molecule has 3 aromatic heterocycles. The minimum atomic E-state index is -5.75. The van der Waals surface area contributed by atoms with Crippen LogP contribution in [0.15, 0.2) is 37.2 Å². The van der Waals surface area contributed by atoms with E-state index in [4.69, 9.17) is 25.5 Å². The molecular formula is C21H27N7O13P2. The first-order chi connectivity index (χ1) is 20.2. The van der Waals surface area contributed by atoms with Gasteiger partial charge in [-0.2, -0.15) is 4.57 Å². The number of anilines is 1. The van der Waals surface area contributed by atoms with Gasteiger partial charge in [0.05, 0.1) is 19.5 Å². The minimum Gasteiger partial charge on any atom is -0.770 e. The standard InChI is InChI=1S/C21H27N7O13P2/c22-17-12-19(25-7-24-17)28(8-26-12)21-16(32)14(30)11(41-21)6-39-43(36,37)42(34,35)38-5-10-13(29)15(31)20(40-10)27-3-1-2-9(4-27)18(23)33/h1-4,7-8,10-11,13-16,20-21,29-32H,5-6H2,(H5-,22,23,24,25,33,34,35,36,37). The van der Waals surface area contributed by atoms with Crippen LogP contribution in [0.4, 0.5) is 5.82 Å². The quantitative estimate of drug-likeness (QED) is 0.0826. The Hall–Kier alpha value is -2.97. The van der Waals surface area contributed by atoms with E-state index >= 15 is 0 Å². The highest BCUT2D eigenvalue weighted by atomic mass is 32.1. The van der Waals surface area contributed by atoms with Crippen molar-refractivity contribution < 1.29 is 67.2 Å². The van der Waals surface area contributed by atoms with Crippen molar-refractivity contribution in [1.29, 1.82) is 0 Å². The summed E-state index contributed by atoms with van der Waals surface area (Å²) in [5.74, 6) is -0.732. The summed E-state index contributed by atoms with van der Waals surface area (Å²) >= 11 is 0. The topological polar surface area (TPSA) is 312 Å². The van der Waals surface area contributed by atoms with Gasteiger partial charge in [-0.3, -0.25) is 23.0 Å². The molecule has 2 aliphatic rings. The summed E-state index contributed by atoms with van der Waals surface area (Å²) in [5.41, 5.74) is 11.4. The number of aromatic nitrogens is 5. The lowest BCUT2D eigenvalue weighted by Gasteiger charge is -2.29. The molecular weight excluding hydrogens is 620 g/mol. The lowest BCUT2D eigenvalue weighted by atomic mass is 10.1. The van der Waals surface area contributed by atoms with Crippen molar-refractivity contribution in [3.63, 3.8) is 0 Å². The number of carbonyl (C=O) groups excluding carboxylic acids is 1. The van der Waals surface area contributed by atoms with Crippen LogP contribution in [0, 0.1) is 0 Å². The summed E-state index contributed by atoms with van der Waals surface area (Å²) < 4.78 is 48.0. The number of nitrogen functional groups attached to an aromatic ring is 1. The largest absolute Gasteiger partial charge is 0.770 e. The van der Waals surface area contributed by atoms with E-state index in [-0.39, 0.29) is 22.5 Å². The molecule has 5 rings (SSSR count). The summed E-state index contributed by atoms with van der Waals surface area (Å²) in [7, 11) is -11.4. The van der Waals surface area contributed by atoms with Gasteiger partial charge in [0.25, 0.3) is 12.1 Å².